The number of carbonyl (C=O) groups excluding carboxylic acids is 1. The van der Waals surface area contributed by atoms with E-state index >= 15 is 0 Å². The molecule has 2 aromatic rings. The van der Waals surface area contributed by atoms with Crippen LogP contribution in [-0.4, -0.2) is 60.4 Å². The van der Waals surface area contributed by atoms with Crippen molar-refractivity contribution in [3.8, 4) is 0 Å². The molecular weight excluding hydrogens is 381 g/mol. The molecule has 0 atom stereocenters. The minimum Gasteiger partial charge on any atom is -0.356 e. The van der Waals surface area contributed by atoms with Gasteiger partial charge in [-0.2, -0.15) is 0 Å². The highest BCUT2D eigenvalue weighted by atomic mass is 31.2. The number of aromatic nitrogens is 3. The summed E-state index contributed by atoms with van der Waals surface area (Å²) in [6.45, 7) is 5.99. The second-order valence-corrected chi connectivity index (χ2v) is 8.87. The Hall–Kier alpha value is -1.96. The molecule has 10 heteroatoms. The van der Waals surface area contributed by atoms with Gasteiger partial charge in [0.1, 0.15) is 17.4 Å². The first-order chi connectivity index (χ1) is 13.5. The third-order valence-electron chi connectivity index (χ3n) is 4.96. The molecule has 1 aliphatic rings. The second kappa shape index (κ2) is 9.03. The predicted molar refractivity (Wildman–Crippen MR) is 108 cm³/mol. The van der Waals surface area contributed by atoms with Gasteiger partial charge in [0.15, 0.2) is 5.82 Å². The summed E-state index contributed by atoms with van der Waals surface area (Å²) in [6.07, 6.45) is 5.35. The van der Waals surface area contributed by atoms with Crippen LogP contribution in [0.2, 0.25) is 0 Å². The first-order valence-electron chi connectivity index (χ1n) is 9.68. The van der Waals surface area contributed by atoms with Crippen molar-refractivity contribution in [3.63, 3.8) is 0 Å². The molecule has 0 radical (unpaired) electrons. The first-order valence-corrected chi connectivity index (χ1v) is 11.4. The molecule has 1 amide bonds. The molecule has 0 aliphatic carbocycles. The van der Waals surface area contributed by atoms with E-state index in [4.69, 9.17) is 9.05 Å². The molecule has 3 heterocycles. The lowest BCUT2D eigenvalue weighted by atomic mass is 9.99. The molecule has 0 spiro atoms. The summed E-state index contributed by atoms with van der Waals surface area (Å²) in [5.74, 6) is 0.885. The van der Waals surface area contributed by atoms with E-state index in [1.165, 1.54) is 6.33 Å². The number of carbonyl (C=O) groups is 1. The maximum atomic E-state index is 12.8. The van der Waals surface area contributed by atoms with Crippen LogP contribution in [0.5, 0.6) is 0 Å². The quantitative estimate of drug-likeness (QED) is 0.645. The summed E-state index contributed by atoms with van der Waals surface area (Å²) in [6, 6.07) is 0. The minimum absolute atomic E-state index is 0.183. The summed E-state index contributed by atoms with van der Waals surface area (Å²) in [5, 5.41) is 2.62. The van der Waals surface area contributed by atoms with Gasteiger partial charge in [0.2, 0.25) is 0 Å². The standard InChI is InChI=1S/C18H28N5O4P/c1-4-26-28(25,27-5-2)11-13-6-8-23(9-7-13)17-16-15(21-12-22-17)14(10-20-16)18(24)19-3/h10,12-13,20H,4-9,11H2,1-3H3,(H,19,24). The van der Waals surface area contributed by atoms with Gasteiger partial charge in [-0.1, -0.05) is 0 Å². The molecule has 0 bridgehead atoms. The summed E-state index contributed by atoms with van der Waals surface area (Å²) in [4.78, 5) is 26.0. The summed E-state index contributed by atoms with van der Waals surface area (Å²) >= 11 is 0. The number of H-pyrrole nitrogens is 1. The van der Waals surface area contributed by atoms with Gasteiger partial charge in [0, 0.05) is 26.3 Å². The highest BCUT2D eigenvalue weighted by Crippen LogP contribution is 2.51. The third-order valence-corrected chi connectivity index (χ3v) is 7.23. The zero-order valence-electron chi connectivity index (χ0n) is 16.6. The van der Waals surface area contributed by atoms with Gasteiger partial charge in [-0.15, -0.1) is 0 Å². The average Bonchev–Trinajstić information content (AvgIpc) is 3.12. The lowest BCUT2D eigenvalue weighted by molar-refractivity contribution is 0.0964. The van der Waals surface area contributed by atoms with Crippen LogP contribution in [0.1, 0.15) is 37.0 Å². The Morgan fingerprint density at radius 3 is 2.57 bits per heavy atom. The number of nitrogens with zero attached hydrogens (tertiary/aromatic N) is 3. The normalized spacial score (nSPS) is 15.9. The van der Waals surface area contributed by atoms with Crippen LogP contribution in [0, 0.1) is 5.92 Å². The SMILES string of the molecule is CCOP(=O)(CC1CCN(c2ncnc3c(C(=O)NC)c[nH]c23)CC1)OCC. The van der Waals surface area contributed by atoms with Crippen molar-refractivity contribution in [2.24, 2.45) is 5.92 Å². The van der Waals surface area contributed by atoms with Crippen molar-refractivity contribution in [2.75, 3.05) is 44.4 Å². The Balaban J connectivity index is 1.71. The van der Waals surface area contributed by atoms with Gasteiger partial charge in [0.05, 0.1) is 24.9 Å². The van der Waals surface area contributed by atoms with Gasteiger partial charge in [-0.05, 0) is 32.6 Å². The molecule has 1 aliphatic heterocycles. The molecule has 9 nitrogen and oxygen atoms in total. The molecule has 2 aromatic heterocycles. The number of hydrogen-bond donors (Lipinski definition) is 2. The monoisotopic (exact) mass is 409 g/mol. The number of hydrogen-bond acceptors (Lipinski definition) is 7. The van der Waals surface area contributed by atoms with Gasteiger partial charge in [0.25, 0.3) is 5.91 Å². The van der Waals surface area contributed by atoms with E-state index in [2.05, 4.69) is 25.2 Å². The maximum absolute atomic E-state index is 12.8. The van der Waals surface area contributed by atoms with Gasteiger partial charge in [-0.3, -0.25) is 9.36 Å². The number of anilines is 1. The second-order valence-electron chi connectivity index (χ2n) is 6.76. The van der Waals surface area contributed by atoms with Gasteiger partial charge in [-0.25, -0.2) is 9.97 Å². The predicted octanol–water partition coefficient (Wildman–Crippen LogP) is 2.80. The number of piperidine rings is 1. The van der Waals surface area contributed by atoms with Gasteiger partial charge >= 0.3 is 7.60 Å². The van der Waals surface area contributed by atoms with E-state index in [0.717, 1.165) is 37.3 Å². The molecule has 28 heavy (non-hydrogen) atoms. The fraction of sp³-hybridized carbons (Fsp3) is 0.611. The highest BCUT2D eigenvalue weighted by molar-refractivity contribution is 7.53. The van der Waals surface area contributed by atoms with E-state index in [1.54, 1.807) is 13.2 Å². The molecule has 2 N–H and O–H groups in total. The van der Waals surface area contributed by atoms with Crippen LogP contribution in [-0.2, 0) is 13.6 Å². The van der Waals surface area contributed by atoms with E-state index in [9.17, 15) is 9.36 Å². The molecule has 1 saturated heterocycles. The molecule has 3 rings (SSSR count). The molecule has 0 saturated carbocycles. The molecular formula is C18H28N5O4P. The summed E-state index contributed by atoms with van der Waals surface area (Å²) in [7, 11) is -1.43. The lowest BCUT2D eigenvalue weighted by Crippen LogP contribution is -2.35. The van der Waals surface area contributed by atoms with Crippen molar-refractivity contribution in [1.82, 2.24) is 20.3 Å². The summed E-state index contributed by atoms with van der Waals surface area (Å²) < 4.78 is 23.6. The number of amides is 1. The van der Waals surface area contributed by atoms with Crippen LogP contribution in [0.3, 0.4) is 0 Å². The number of fused-ring (bicyclic) bond motifs is 1. The number of aromatic amines is 1. The zero-order chi connectivity index (χ0) is 20.1. The number of nitrogens with one attached hydrogen (secondary N) is 2. The van der Waals surface area contributed by atoms with E-state index < -0.39 is 7.60 Å². The Kier molecular flexibility index (Phi) is 6.69. The Morgan fingerprint density at radius 1 is 1.29 bits per heavy atom. The maximum Gasteiger partial charge on any atom is 0.330 e. The van der Waals surface area contributed by atoms with Crippen LogP contribution in [0.4, 0.5) is 5.82 Å². The van der Waals surface area contributed by atoms with Crippen molar-refractivity contribution < 1.29 is 18.4 Å². The van der Waals surface area contributed by atoms with Crippen molar-refractivity contribution in [3.05, 3.63) is 18.1 Å². The number of rotatable bonds is 8. The van der Waals surface area contributed by atoms with Crippen LogP contribution in [0.15, 0.2) is 12.5 Å². The molecule has 154 valence electrons. The van der Waals surface area contributed by atoms with E-state index in [1.807, 2.05) is 13.8 Å². The zero-order valence-corrected chi connectivity index (χ0v) is 17.5. The summed E-state index contributed by atoms with van der Waals surface area (Å²) in [5.41, 5.74) is 1.88. The Bertz CT molecular complexity index is 853. The fourth-order valence-corrected chi connectivity index (χ4v) is 5.72. The fourth-order valence-electron chi connectivity index (χ4n) is 3.65. The third kappa shape index (κ3) is 4.37. The van der Waals surface area contributed by atoms with Crippen molar-refractivity contribution >= 4 is 30.4 Å². The van der Waals surface area contributed by atoms with Crippen LogP contribution in [0.25, 0.3) is 11.0 Å². The smallest absolute Gasteiger partial charge is 0.330 e. The lowest BCUT2D eigenvalue weighted by Gasteiger charge is -2.34. The van der Waals surface area contributed by atoms with Crippen LogP contribution >= 0.6 is 7.60 Å². The Morgan fingerprint density at radius 2 is 1.96 bits per heavy atom. The minimum atomic E-state index is -3.02. The Labute approximate surface area is 164 Å². The van der Waals surface area contributed by atoms with Gasteiger partial charge < -0.3 is 24.2 Å². The topological polar surface area (TPSA) is 109 Å². The molecule has 1 fully saturated rings. The van der Waals surface area contributed by atoms with Crippen molar-refractivity contribution in [2.45, 2.75) is 26.7 Å². The first kappa shape index (κ1) is 20.8. The van der Waals surface area contributed by atoms with E-state index in [-0.39, 0.29) is 11.8 Å². The van der Waals surface area contributed by atoms with Crippen molar-refractivity contribution in [1.29, 1.82) is 0 Å². The average molecular weight is 409 g/mol. The van der Waals surface area contributed by atoms with E-state index in [0.29, 0.717) is 30.5 Å². The highest BCUT2D eigenvalue weighted by Gasteiger charge is 2.31. The molecule has 0 unspecified atom stereocenters. The molecule has 0 aromatic carbocycles. The van der Waals surface area contributed by atoms with Crippen LogP contribution < -0.4 is 10.2 Å². The largest absolute Gasteiger partial charge is 0.356 e.